The fourth-order valence-corrected chi connectivity index (χ4v) is 4.83. The van der Waals surface area contributed by atoms with Crippen LogP contribution < -0.4 is 4.90 Å². The SMILES string of the molecule is O=Cc1ccc(N(c2ccc(Cl)cc2)c2cccc3ccccc23)[se]1. The minimum absolute atomic E-state index is 0.0155. The molecular formula is C21H14ClNOSe. The first-order valence-corrected chi connectivity index (χ1v) is 9.94. The first kappa shape index (κ1) is 16.2. The van der Waals surface area contributed by atoms with Crippen LogP contribution in [-0.2, 0) is 0 Å². The van der Waals surface area contributed by atoms with Gasteiger partial charge in [-0.25, -0.2) is 0 Å². The van der Waals surface area contributed by atoms with Gasteiger partial charge in [-0.3, -0.25) is 0 Å². The van der Waals surface area contributed by atoms with Crippen LogP contribution in [0.15, 0.2) is 78.9 Å². The molecule has 0 spiro atoms. The second-order valence-corrected chi connectivity index (χ2v) is 8.34. The van der Waals surface area contributed by atoms with Gasteiger partial charge in [0, 0.05) is 0 Å². The molecule has 1 aromatic heterocycles. The summed E-state index contributed by atoms with van der Waals surface area (Å²) in [5, 5.41) is 3.07. The molecule has 122 valence electrons. The minimum atomic E-state index is -0.0155. The van der Waals surface area contributed by atoms with E-state index in [1.54, 1.807) is 0 Å². The summed E-state index contributed by atoms with van der Waals surface area (Å²) in [6, 6.07) is 26.4. The van der Waals surface area contributed by atoms with Gasteiger partial charge in [-0.2, -0.15) is 0 Å². The third kappa shape index (κ3) is 3.14. The quantitative estimate of drug-likeness (QED) is 0.311. The van der Waals surface area contributed by atoms with Gasteiger partial charge < -0.3 is 0 Å². The molecular weight excluding hydrogens is 397 g/mol. The van der Waals surface area contributed by atoms with Crippen LogP contribution in [0.3, 0.4) is 0 Å². The molecule has 4 heteroatoms. The molecule has 0 amide bonds. The second kappa shape index (κ2) is 6.89. The molecule has 0 N–H and O–H groups in total. The molecule has 1 heterocycles. The molecule has 25 heavy (non-hydrogen) atoms. The predicted octanol–water partition coefficient (Wildman–Crippen LogP) is 5.83. The van der Waals surface area contributed by atoms with Crippen molar-refractivity contribution in [3.8, 4) is 0 Å². The molecule has 0 atom stereocenters. The monoisotopic (exact) mass is 411 g/mol. The van der Waals surface area contributed by atoms with Crippen molar-refractivity contribution >= 4 is 59.1 Å². The zero-order chi connectivity index (χ0) is 17.2. The van der Waals surface area contributed by atoms with E-state index in [-0.39, 0.29) is 14.5 Å². The number of halogens is 1. The van der Waals surface area contributed by atoms with Crippen LogP contribution in [0.1, 0.15) is 9.23 Å². The van der Waals surface area contributed by atoms with Crippen LogP contribution in [0.4, 0.5) is 15.9 Å². The van der Waals surface area contributed by atoms with Crippen molar-refractivity contribution < 1.29 is 4.79 Å². The van der Waals surface area contributed by atoms with E-state index in [0.717, 1.165) is 26.7 Å². The number of aldehydes is 1. The van der Waals surface area contributed by atoms with Crippen molar-refractivity contribution in [2.75, 3.05) is 4.90 Å². The van der Waals surface area contributed by atoms with Crippen molar-refractivity contribution in [1.82, 2.24) is 0 Å². The van der Waals surface area contributed by atoms with Crippen LogP contribution in [-0.4, -0.2) is 20.8 Å². The number of nitrogens with zero attached hydrogens (tertiary/aromatic N) is 1. The molecule has 0 unspecified atom stereocenters. The van der Waals surface area contributed by atoms with E-state index in [1.165, 1.54) is 10.8 Å². The van der Waals surface area contributed by atoms with Gasteiger partial charge in [-0.05, 0) is 0 Å². The van der Waals surface area contributed by atoms with Gasteiger partial charge in [-0.1, -0.05) is 0 Å². The maximum absolute atomic E-state index is 11.2. The van der Waals surface area contributed by atoms with Crippen molar-refractivity contribution in [2.24, 2.45) is 0 Å². The maximum atomic E-state index is 11.2. The van der Waals surface area contributed by atoms with Gasteiger partial charge >= 0.3 is 157 Å². The molecule has 0 saturated heterocycles. The molecule has 0 radical (unpaired) electrons. The molecule has 0 aliphatic rings. The van der Waals surface area contributed by atoms with E-state index in [9.17, 15) is 4.79 Å². The first-order chi connectivity index (χ1) is 12.3. The fourth-order valence-electron chi connectivity index (χ4n) is 2.90. The van der Waals surface area contributed by atoms with Gasteiger partial charge in [0.1, 0.15) is 0 Å². The fraction of sp³-hybridized carbons (Fsp3) is 0. The van der Waals surface area contributed by atoms with Crippen molar-refractivity contribution in [2.45, 2.75) is 0 Å². The Morgan fingerprint density at radius 1 is 0.840 bits per heavy atom. The first-order valence-electron chi connectivity index (χ1n) is 7.85. The van der Waals surface area contributed by atoms with Crippen molar-refractivity contribution in [3.63, 3.8) is 0 Å². The Labute approximate surface area is 157 Å². The van der Waals surface area contributed by atoms with E-state index in [1.807, 2.05) is 42.5 Å². The van der Waals surface area contributed by atoms with E-state index < -0.39 is 0 Å². The van der Waals surface area contributed by atoms with Crippen molar-refractivity contribution in [3.05, 3.63) is 88.3 Å². The number of hydrogen-bond acceptors (Lipinski definition) is 2. The van der Waals surface area contributed by atoms with E-state index in [2.05, 4.69) is 41.3 Å². The standard InChI is InChI=1S/C21H14ClNOSe/c22-16-8-10-17(11-9-16)23(21-13-12-18(14-24)25-21)20-7-3-5-15-4-1-2-6-19(15)20/h1-14H. The third-order valence-electron chi connectivity index (χ3n) is 4.04. The molecule has 0 saturated carbocycles. The van der Waals surface area contributed by atoms with Gasteiger partial charge in [0.05, 0.1) is 0 Å². The Hall–Kier alpha value is -2.32. The zero-order valence-electron chi connectivity index (χ0n) is 13.2. The van der Waals surface area contributed by atoms with Crippen LogP contribution >= 0.6 is 11.6 Å². The Morgan fingerprint density at radius 2 is 1.60 bits per heavy atom. The molecule has 2 nitrogen and oxygen atoms in total. The molecule has 0 aliphatic carbocycles. The number of fused-ring (bicyclic) bond motifs is 1. The second-order valence-electron chi connectivity index (χ2n) is 5.60. The normalized spacial score (nSPS) is 10.8. The summed E-state index contributed by atoms with van der Waals surface area (Å²) in [4.78, 5) is 13.4. The molecule has 0 aliphatic heterocycles. The summed E-state index contributed by atoms with van der Waals surface area (Å²) in [7, 11) is 0. The number of anilines is 3. The van der Waals surface area contributed by atoms with Gasteiger partial charge in [0.15, 0.2) is 0 Å². The van der Waals surface area contributed by atoms with E-state index in [4.69, 9.17) is 11.6 Å². The number of benzene rings is 3. The summed E-state index contributed by atoms with van der Waals surface area (Å²) < 4.78 is 1.98. The topological polar surface area (TPSA) is 20.3 Å². The molecule has 4 rings (SSSR count). The molecule has 0 fully saturated rings. The summed E-state index contributed by atoms with van der Waals surface area (Å²) in [6.07, 6.45) is 0.951. The molecule has 3 aromatic carbocycles. The van der Waals surface area contributed by atoms with Crippen LogP contribution in [0.25, 0.3) is 10.8 Å². The van der Waals surface area contributed by atoms with Gasteiger partial charge in [0.2, 0.25) is 0 Å². The van der Waals surface area contributed by atoms with Crippen LogP contribution in [0.5, 0.6) is 0 Å². The average molecular weight is 411 g/mol. The summed E-state index contributed by atoms with van der Waals surface area (Å²) in [6.45, 7) is 0. The van der Waals surface area contributed by atoms with Crippen molar-refractivity contribution in [1.29, 1.82) is 0 Å². The van der Waals surface area contributed by atoms with Gasteiger partial charge in [-0.15, -0.1) is 0 Å². The zero-order valence-corrected chi connectivity index (χ0v) is 15.7. The third-order valence-corrected chi connectivity index (χ3v) is 6.38. The Bertz CT molecular complexity index is 1030. The van der Waals surface area contributed by atoms with Gasteiger partial charge in [0.25, 0.3) is 0 Å². The number of rotatable bonds is 4. The summed E-state index contributed by atoms with van der Waals surface area (Å²) in [5.74, 6) is 0. The Kier molecular flexibility index (Phi) is 4.46. The average Bonchev–Trinajstić information content (AvgIpc) is 3.12. The van der Waals surface area contributed by atoms with Crippen LogP contribution in [0, 0.1) is 0 Å². The molecule has 4 aromatic rings. The number of carbonyl (C=O) groups excluding carboxylic acids is 1. The van der Waals surface area contributed by atoms with E-state index in [0.29, 0.717) is 5.02 Å². The Balaban J connectivity index is 1.96. The summed E-state index contributed by atoms with van der Waals surface area (Å²) >= 11 is 6.06. The van der Waals surface area contributed by atoms with E-state index >= 15 is 0 Å². The van der Waals surface area contributed by atoms with Crippen LogP contribution in [0.2, 0.25) is 5.02 Å². The predicted molar refractivity (Wildman–Crippen MR) is 106 cm³/mol. The Morgan fingerprint density at radius 3 is 2.36 bits per heavy atom. The summed E-state index contributed by atoms with van der Waals surface area (Å²) in [5.41, 5.74) is 2.14. The molecule has 0 bridgehead atoms. The number of carbonyl (C=O) groups is 1. The number of hydrogen-bond donors (Lipinski definition) is 0.